The molecule has 0 unspecified atom stereocenters. The second-order valence-electron chi connectivity index (χ2n) is 2.91. The van der Waals surface area contributed by atoms with Gasteiger partial charge in [-0.05, 0) is 11.9 Å². The van der Waals surface area contributed by atoms with Gasteiger partial charge in [0.15, 0.2) is 5.52 Å². The van der Waals surface area contributed by atoms with E-state index >= 15 is 0 Å². The number of aryl methyl sites for hydroxylation is 1. The number of rotatable bonds is 2. The SMILES string of the molecule is CCOc1nc2c([nH]1)c(N)nc[n+]2C. The minimum absolute atomic E-state index is 0.427. The number of nitrogens with zero attached hydrogens (tertiary/aromatic N) is 3. The number of imidazole rings is 1. The maximum Gasteiger partial charge on any atom is 0.373 e. The molecule has 2 aromatic heterocycles. The smallest absolute Gasteiger partial charge is 0.373 e. The van der Waals surface area contributed by atoms with Crippen LogP contribution >= 0.6 is 0 Å². The van der Waals surface area contributed by atoms with Crippen LogP contribution in [0.1, 0.15) is 6.92 Å². The highest BCUT2D eigenvalue weighted by Gasteiger charge is 2.16. The van der Waals surface area contributed by atoms with Gasteiger partial charge in [-0.25, -0.2) is 4.57 Å². The van der Waals surface area contributed by atoms with Gasteiger partial charge in [-0.3, -0.25) is 4.98 Å². The summed E-state index contributed by atoms with van der Waals surface area (Å²) in [5.41, 5.74) is 7.13. The molecule has 74 valence electrons. The van der Waals surface area contributed by atoms with Crippen molar-refractivity contribution in [3.05, 3.63) is 6.33 Å². The molecule has 0 atom stereocenters. The quantitative estimate of drug-likeness (QED) is 0.647. The fraction of sp³-hybridized carbons (Fsp3) is 0.375. The lowest BCUT2D eigenvalue weighted by Gasteiger charge is -1.90. The van der Waals surface area contributed by atoms with E-state index in [1.165, 1.54) is 0 Å². The third-order valence-electron chi connectivity index (χ3n) is 1.90. The van der Waals surface area contributed by atoms with E-state index in [9.17, 15) is 0 Å². The van der Waals surface area contributed by atoms with Crippen molar-refractivity contribution in [2.24, 2.45) is 7.05 Å². The second kappa shape index (κ2) is 3.13. The molecule has 0 aromatic carbocycles. The van der Waals surface area contributed by atoms with Crippen molar-refractivity contribution in [1.82, 2.24) is 15.0 Å². The van der Waals surface area contributed by atoms with Crippen LogP contribution in [0.15, 0.2) is 6.33 Å². The predicted molar refractivity (Wildman–Crippen MR) is 50.6 cm³/mol. The van der Waals surface area contributed by atoms with Gasteiger partial charge < -0.3 is 10.5 Å². The minimum Gasteiger partial charge on any atom is -0.453 e. The number of nitrogen functional groups attached to an aromatic ring is 1. The summed E-state index contributed by atoms with van der Waals surface area (Å²) >= 11 is 0. The Bertz CT molecular complexity index is 425. The van der Waals surface area contributed by atoms with Crippen LogP contribution in [0.25, 0.3) is 11.2 Å². The zero-order valence-electron chi connectivity index (χ0n) is 8.11. The van der Waals surface area contributed by atoms with Gasteiger partial charge in [-0.1, -0.05) is 4.98 Å². The summed E-state index contributed by atoms with van der Waals surface area (Å²) < 4.78 is 7.02. The van der Waals surface area contributed by atoms with Gasteiger partial charge in [-0.2, -0.15) is 0 Å². The lowest BCUT2D eigenvalue weighted by molar-refractivity contribution is -0.649. The molecule has 0 aliphatic heterocycles. The van der Waals surface area contributed by atoms with Crippen LogP contribution in [-0.4, -0.2) is 21.6 Å². The molecule has 0 saturated carbocycles. The summed E-state index contributed by atoms with van der Waals surface area (Å²) in [7, 11) is 1.85. The molecule has 0 saturated heterocycles. The number of hydrogen-bond donors (Lipinski definition) is 2. The Labute approximate surface area is 80.7 Å². The normalized spacial score (nSPS) is 10.7. The molecular formula is C8H12N5O+. The van der Waals surface area contributed by atoms with Crippen LogP contribution in [0.5, 0.6) is 6.01 Å². The highest BCUT2D eigenvalue weighted by Crippen LogP contribution is 2.15. The van der Waals surface area contributed by atoms with Crippen molar-refractivity contribution in [1.29, 1.82) is 0 Å². The summed E-state index contributed by atoms with van der Waals surface area (Å²) in [6, 6.07) is 0.470. The summed E-state index contributed by atoms with van der Waals surface area (Å²) in [6.45, 7) is 2.46. The Morgan fingerprint density at radius 2 is 2.43 bits per heavy atom. The fourth-order valence-electron chi connectivity index (χ4n) is 1.25. The maximum absolute atomic E-state index is 5.68. The van der Waals surface area contributed by atoms with Crippen molar-refractivity contribution in [2.45, 2.75) is 6.92 Å². The number of ether oxygens (including phenoxy) is 1. The second-order valence-corrected chi connectivity index (χ2v) is 2.91. The van der Waals surface area contributed by atoms with E-state index in [2.05, 4.69) is 15.0 Å². The molecule has 6 nitrogen and oxygen atoms in total. The highest BCUT2D eigenvalue weighted by atomic mass is 16.5. The highest BCUT2D eigenvalue weighted by molar-refractivity contribution is 5.79. The number of hydrogen-bond acceptors (Lipinski definition) is 4. The molecule has 0 radical (unpaired) electrons. The molecular weight excluding hydrogens is 182 g/mol. The number of nitrogens with two attached hydrogens (primary N) is 1. The van der Waals surface area contributed by atoms with Gasteiger partial charge in [0.05, 0.1) is 13.7 Å². The molecule has 0 aliphatic rings. The molecule has 2 aromatic rings. The third-order valence-corrected chi connectivity index (χ3v) is 1.90. The van der Waals surface area contributed by atoms with Crippen LogP contribution < -0.4 is 15.0 Å². The minimum atomic E-state index is 0.427. The number of anilines is 1. The molecule has 0 bridgehead atoms. The molecule has 2 rings (SSSR count). The van der Waals surface area contributed by atoms with Crippen molar-refractivity contribution in [3.8, 4) is 6.01 Å². The summed E-state index contributed by atoms with van der Waals surface area (Å²) in [5, 5.41) is 0. The summed E-state index contributed by atoms with van der Waals surface area (Å²) in [6.07, 6.45) is 1.62. The summed E-state index contributed by atoms with van der Waals surface area (Å²) in [5.74, 6) is 0.427. The van der Waals surface area contributed by atoms with E-state index in [1.54, 1.807) is 10.9 Å². The van der Waals surface area contributed by atoms with Crippen LogP contribution in [-0.2, 0) is 7.05 Å². The van der Waals surface area contributed by atoms with Gasteiger partial charge in [-0.15, -0.1) is 0 Å². The van der Waals surface area contributed by atoms with E-state index < -0.39 is 0 Å². The first-order valence-corrected chi connectivity index (χ1v) is 4.35. The number of aromatic nitrogens is 4. The van der Waals surface area contributed by atoms with Crippen molar-refractivity contribution in [2.75, 3.05) is 12.3 Å². The van der Waals surface area contributed by atoms with Crippen LogP contribution in [0.4, 0.5) is 5.82 Å². The van der Waals surface area contributed by atoms with Gasteiger partial charge in [0.2, 0.25) is 12.1 Å². The average molecular weight is 194 g/mol. The molecule has 0 amide bonds. The van der Waals surface area contributed by atoms with E-state index in [4.69, 9.17) is 10.5 Å². The van der Waals surface area contributed by atoms with E-state index in [-0.39, 0.29) is 0 Å². The monoisotopic (exact) mass is 194 g/mol. The molecule has 0 spiro atoms. The maximum atomic E-state index is 5.68. The van der Waals surface area contributed by atoms with Crippen molar-refractivity contribution < 1.29 is 9.30 Å². The lowest BCUT2D eigenvalue weighted by atomic mass is 10.5. The topological polar surface area (TPSA) is 80.7 Å². The Hall–Kier alpha value is -1.85. The van der Waals surface area contributed by atoms with Crippen LogP contribution in [0.3, 0.4) is 0 Å². The fourth-order valence-corrected chi connectivity index (χ4v) is 1.25. The number of nitrogens with one attached hydrogen (secondary N) is 1. The van der Waals surface area contributed by atoms with Gasteiger partial charge in [0.25, 0.3) is 5.65 Å². The van der Waals surface area contributed by atoms with Gasteiger partial charge in [0, 0.05) is 0 Å². The predicted octanol–water partition coefficient (Wildman–Crippen LogP) is -0.237. The van der Waals surface area contributed by atoms with E-state index in [1.807, 2.05) is 14.0 Å². The summed E-state index contributed by atoms with van der Waals surface area (Å²) in [4.78, 5) is 11.2. The standard InChI is InChI=1S/C8H11N5O/c1-3-14-8-11-5-6(9)10-4-13(2)7(5)12-8/h4H,3H2,1-2H3,(H2,9,11,12)/p+1. The Kier molecular flexibility index (Phi) is 1.95. The van der Waals surface area contributed by atoms with Crippen LogP contribution in [0, 0.1) is 0 Å². The largest absolute Gasteiger partial charge is 0.453 e. The molecule has 14 heavy (non-hydrogen) atoms. The third kappa shape index (κ3) is 1.24. The molecule has 0 fully saturated rings. The van der Waals surface area contributed by atoms with E-state index in [0.717, 1.165) is 5.65 Å². The molecule has 3 N–H and O–H groups in total. The van der Waals surface area contributed by atoms with Crippen molar-refractivity contribution in [3.63, 3.8) is 0 Å². The first-order chi connectivity index (χ1) is 6.72. The van der Waals surface area contributed by atoms with Crippen LogP contribution in [0.2, 0.25) is 0 Å². The number of fused-ring (bicyclic) bond motifs is 1. The number of aromatic amines is 1. The van der Waals surface area contributed by atoms with Crippen molar-refractivity contribution >= 4 is 17.0 Å². The molecule has 0 aliphatic carbocycles. The molecule has 6 heteroatoms. The first kappa shape index (κ1) is 8.74. The Morgan fingerprint density at radius 1 is 1.64 bits per heavy atom. The zero-order chi connectivity index (χ0) is 10.1. The van der Waals surface area contributed by atoms with Gasteiger partial charge in [0.1, 0.15) is 0 Å². The first-order valence-electron chi connectivity index (χ1n) is 4.35. The number of H-pyrrole nitrogens is 1. The Morgan fingerprint density at radius 3 is 3.07 bits per heavy atom. The van der Waals surface area contributed by atoms with E-state index in [0.29, 0.717) is 24.0 Å². The average Bonchev–Trinajstić information content (AvgIpc) is 2.57. The Balaban J connectivity index is 2.63. The van der Waals surface area contributed by atoms with Gasteiger partial charge >= 0.3 is 6.01 Å². The lowest BCUT2D eigenvalue weighted by Crippen LogP contribution is -2.29. The molecule has 2 heterocycles. The zero-order valence-corrected chi connectivity index (χ0v) is 8.11.